The first-order chi connectivity index (χ1) is 9.77. The average Bonchev–Trinajstić information content (AvgIpc) is 3.24. The molecule has 1 aromatic rings. The Balaban J connectivity index is 2.28. The second-order valence-electron chi connectivity index (χ2n) is 6.58. The number of benzene rings is 1. The molecule has 0 heterocycles. The third kappa shape index (κ3) is 2.54. The van der Waals surface area contributed by atoms with E-state index in [1.54, 1.807) is 0 Å². The van der Waals surface area contributed by atoms with Crippen LogP contribution in [0.5, 0.6) is 0 Å². The molecule has 0 aromatic heterocycles. The van der Waals surface area contributed by atoms with Gasteiger partial charge in [0.15, 0.2) is 5.54 Å². The molecule has 1 aromatic carbocycles. The van der Waals surface area contributed by atoms with Gasteiger partial charge in [-0.2, -0.15) is 5.26 Å². The summed E-state index contributed by atoms with van der Waals surface area (Å²) in [7, 11) is 4.23. The van der Waals surface area contributed by atoms with Crippen LogP contribution in [0.3, 0.4) is 0 Å². The van der Waals surface area contributed by atoms with E-state index in [9.17, 15) is 4.79 Å². The van der Waals surface area contributed by atoms with Crippen LogP contribution in [0.1, 0.15) is 36.5 Å². The van der Waals surface area contributed by atoms with Crippen molar-refractivity contribution in [3.8, 4) is 6.07 Å². The summed E-state index contributed by atoms with van der Waals surface area (Å²) in [6.07, 6.45) is 1.88. The van der Waals surface area contributed by atoms with Crippen LogP contribution >= 0.6 is 0 Å². The normalized spacial score (nSPS) is 16.2. The fraction of sp³-hybridized carbons (Fsp3) is 0.529. The second kappa shape index (κ2) is 5.16. The van der Waals surface area contributed by atoms with Crippen molar-refractivity contribution in [2.45, 2.75) is 39.2 Å². The molecule has 1 amide bonds. The van der Waals surface area contributed by atoms with Gasteiger partial charge in [0.1, 0.15) is 0 Å². The maximum atomic E-state index is 12.8. The van der Waals surface area contributed by atoms with E-state index in [0.29, 0.717) is 10.0 Å². The number of carbonyl (C=O) groups excluding carboxylic acids is 1. The topological polar surface area (TPSA) is 52.9 Å². The Morgan fingerprint density at radius 1 is 1.33 bits per heavy atom. The average molecular weight is 286 g/mol. The van der Waals surface area contributed by atoms with Crippen LogP contribution in [0.4, 0.5) is 5.69 Å². The number of quaternary nitrogens is 1. The van der Waals surface area contributed by atoms with Gasteiger partial charge in [-0.1, -0.05) is 0 Å². The first-order valence-corrected chi connectivity index (χ1v) is 7.43. The molecule has 4 nitrogen and oxygen atoms in total. The molecule has 0 unspecified atom stereocenters. The number of rotatable bonds is 4. The van der Waals surface area contributed by atoms with Crippen molar-refractivity contribution in [3.63, 3.8) is 0 Å². The molecule has 1 N–H and O–H groups in total. The van der Waals surface area contributed by atoms with Crippen molar-refractivity contribution in [1.29, 1.82) is 5.26 Å². The highest BCUT2D eigenvalue weighted by molar-refractivity contribution is 6.00. The first kappa shape index (κ1) is 15.5. The van der Waals surface area contributed by atoms with E-state index < -0.39 is 0 Å². The van der Waals surface area contributed by atoms with Crippen LogP contribution in [0.25, 0.3) is 0 Å². The van der Waals surface area contributed by atoms with Crippen molar-refractivity contribution < 1.29 is 9.28 Å². The SMILES string of the molecule is CC[N+](C)(C)C1(C(=O)Nc2c(C)cc(C#N)cc2C)CC1. The number of nitrogens with one attached hydrogen (secondary N) is 1. The van der Waals surface area contributed by atoms with Crippen LogP contribution in [-0.4, -0.2) is 36.6 Å². The number of hydrogen-bond acceptors (Lipinski definition) is 2. The molecule has 1 aliphatic carbocycles. The summed E-state index contributed by atoms with van der Waals surface area (Å²) >= 11 is 0. The lowest BCUT2D eigenvalue weighted by Crippen LogP contribution is -2.56. The summed E-state index contributed by atoms with van der Waals surface area (Å²) in [6.45, 7) is 6.91. The zero-order valence-corrected chi connectivity index (χ0v) is 13.6. The minimum Gasteiger partial charge on any atom is -0.320 e. The smallest absolute Gasteiger partial charge is 0.285 e. The molecule has 0 radical (unpaired) electrons. The second-order valence-corrected chi connectivity index (χ2v) is 6.58. The van der Waals surface area contributed by atoms with Gasteiger partial charge in [0.05, 0.1) is 32.3 Å². The van der Waals surface area contributed by atoms with Gasteiger partial charge in [-0.3, -0.25) is 4.79 Å². The van der Waals surface area contributed by atoms with Crippen molar-refractivity contribution in [3.05, 3.63) is 28.8 Å². The first-order valence-electron chi connectivity index (χ1n) is 7.43. The quantitative estimate of drug-likeness (QED) is 0.865. The van der Waals surface area contributed by atoms with E-state index >= 15 is 0 Å². The van der Waals surface area contributed by atoms with Crippen LogP contribution in [0, 0.1) is 25.2 Å². The molecule has 112 valence electrons. The Labute approximate surface area is 127 Å². The van der Waals surface area contributed by atoms with Gasteiger partial charge in [0.2, 0.25) is 0 Å². The zero-order chi connectivity index (χ0) is 15.8. The Morgan fingerprint density at radius 2 is 1.86 bits per heavy atom. The number of likely N-dealkylation sites (N-methyl/N-ethyl adjacent to an activating group) is 1. The number of aryl methyl sites for hydroxylation is 2. The van der Waals surface area contributed by atoms with E-state index in [0.717, 1.165) is 36.2 Å². The highest BCUT2D eigenvalue weighted by Crippen LogP contribution is 2.46. The van der Waals surface area contributed by atoms with Crippen molar-refractivity contribution in [1.82, 2.24) is 0 Å². The molecule has 1 aliphatic rings. The molecular weight excluding hydrogens is 262 g/mol. The van der Waals surface area contributed by atoms with E-state index in [1.165, 1.54) is 0 Å². The molecule has 1 saturated carbocycles. The predicted molar refractivity (Wildman–Crippen MR) is 83.9 cm³/mol. The van der Waals surface area contributed by atoms with Gasteiger partial charge in [-0.05, 0) is 44.0 Å². The molecule has 21 heavy (non-hydrogen) atoms. The summed E-state index contributed by atoms with van der Waals surface area (Å²) in [6, 6.07) is 5.79. The molecule has 0 spiro atoms. The number of hydrogen-bond donors (Lipinski definition) is 1. The number of nitrogens with zero attached hydrogens (tertiary/aromatic N) is 2. The lowest BCUT2D eigenvalue weighted by Gasteiger charge is -2.36. The maximum Gasteiger partial charge on any atom is 0.285 e. The van der Waals surface area contributed by atoms with Gasteiger partial charge in [-0.15, -0.1) is 0 Å². The minimum atomic E-state index is -0.290. The van der Waals surface area contributed by atoms with Crippen molar-refractivity contribution in [2.24, 2.45) is 0 Å². The molecule has 0 saturated heterocycles. The molecular formula is C17H24N3O+. The summed E-state index contributed by atoms with van der Waals surface area (Å²) in [4.78, 5) is 12.8. The molecule has 4 heteroatoms. The van der Waals surface area contributed by atoms with Crippen LogP contribution in [0.15, 0.2) is 12.1 Å². The van der Waals surface area contributed by atoms with Gasteiger partial charge in [0, 0.05) is 18.5 Å². The highest BCUT2D eigenvalue weighted by Gasteiger charge is 2.62. The molecule has 0 aliphatic heterocycles. The minimum absolute atomic E-state index is 0.102. The van der Waals surface area contributed by atoms with Crippen molar-refractivity contribution >= 4 is 11.6 Å². The van der Waals surface area contributed by atoms with E-state index in [-0.39, 0.29) is 11.4 Å². The monoisotopic (exact) mass is 286 g/mol. The summed E-state index contributed by atoms with van der Waals surface area (Å²) in [5.41, 5.74) is 3.08. The highest BCUT2D eigenvalue weighted by atomic mass is 16.2. The predicted octanol–water partition coefficient (Wildman–Crippen LogP) is 2.74. The summed E-state index contributed by atoms with van der Waals surface area (Å²) < 4.78 is 0.715. The summed E-state index contributed by atoms with van der Waals surface area (Å²) in [5.74, 6) is 0.102. The fourth-order valence-electron chi connectivity index (χ4n) is 2.98. The van der Waals surface area contributed by atoms with E-state index in [4.69, 9.17) is 5.26 Å². The Kier molecular flexibility index (Phi) is 3.81. The Bertz CT molecular complexity index is 598. The Morgan fingerprint density at radius 3 is 2.24 bits per heavy atom. The standard InChI is InChI=1S/C17H23N3O/c1-6-20(4,5)17(7-8-17)16(21)19-15-12(2)9-14(11-18)10-13(15)3/h9-10H,6-8H2,1-5H3/p+1. The summed E-state index contributed by atoms with van der Waals surface area (Å²) in [5, 5.41) is 12.1. The van der Waals surface area contributed by atoms with Crippen LogP contribution in [-0.2, 0) is 4.79 Å². The molecule has 0 atom stereocenters. The molecule has 1 fully saturated rings. The third-order valence-corrected chi connectivity index (χ3v) is 5.00. The maximum absolute atomic E-state index is 12.8. The fourth-order valence-corrected chi connectivity index (χ4v) is 2.98. The van der Waals surface area contributed by atoms with Gasteiger partial charge in [-0.25, -0.2) is 0 Å². The lowest BCUT2D eigenvalue weighted by molar-refractivity contribution is -0.914. The van der Waals surface area contributed by atoms with E-state index in [2.05, 4.69) is 32.4 Å². The van der Waals surface area contributed by atoms with Gasteiger partial charge < -0.3 is 9.80 Å². The lowest BCUT2D eigenvalue weighted by atomic mass is 10.0. The number of amides is 1. The number of anilines is 1. The van der Waals surface area contributed by atoms with Crippen molar-refractivity contribution in [2.75, 3.05) is 26.0 Å². The zero-order valence-electron chi connectivity index (χ0n) is 13.6. The van der Waals surface area contributed by atoms with E-state index in [1.807, 2.05) is 26.0 Å². The van der Waals surface area contributed by atoms with Gasteiger partial charge in [0.25, 0.3) is 5.91 Å². The van der Waals surface area contributed by atoms with Crippen LogP contribution < -0.4 is 5.32 Å². The number of nitriles is 1. The Hall–Kier alpha value is -1.86. The molecule has 0 bridgehead atoms. The number of carbonyl (C=O) groups is 1. The molecule has 2 rings (SSSR count). The largest absolute Gasteiger partial charge is 0.320 e. The van der Waals surface area contributed by atoms with Gasteiger partial charge >= 0.3 is 0 Å². The van der Waals surface area contributed by atoms with Crippen LogP contribution in [0.2, 0.25) is 0 Å². The third-order valence-electron chi connectivity index (χ3n) is 5.00.